The van der Waals surface area contributed by atoms with E-state index in [1.807, 2.05) is 30.5 Å². The molecule has 0 aliphatic carbocycles. The number of aryl methyl sites for hydroxylation is 1. The fourth-order valence-corrected chi connectivity index (χ4v) is 2.96. The normalized spacial score (nSPS) is 12.5. The quantitative estimate of drug-likeness (QED) is 0.719. The molecule has 20 heavy (non-hydrogen) atoms. The Hall–Kier alpha value is -2.14. The van der Waals surface area contributed by atoms with E-state index in [9.17, 15) is 0 Å². The van der Waals surface area contributed by atoms with Crippen molar-refractivity contribution in [1.82, 2.24) is 9.97 Å². The van der Waals surface area contributed by atoms with Gasteiger partial charge in [0.05, 0.1) is 17.2 Å². The second-order valence-electron chi connectivity index (χ2n) is 4.78. The van der Waals surface area contributed by atoms with Gasteiger partial charge in [0.1, 0.15) is 5.01 Å². The summed E-state index contributed by atoms with van der Waals surface area (Å²) in [4.78, 5) is 9.99. The summed E-state index contributed by atoms with van der Waals surface area (Å²) in [5.74, 6) is 0. The Balaban J connectivity index is 1.97. The van der Waals surface area contributed by atoms with Crippen LogP contribution in [0.5, 0.6) is 0 Å². The average Bonchev–Trinajstić information content (AvgIpc) is 2.89. The zero-order valence-electron chi connectivity index (χ0n) is 11.4. The highest BCUT2D eigenvalue weighted by molar-refractivity contribution is 7.11. The molecule has 5 heteroatoms. The molecule has 3 N–H and O–H groups in total. The standard InChI is InChI=1S/C15H16N4S/c1-9-8-18-15(20-9)10(2)19-13-6-5-12(16)14-11(13)4-3-7-17-14/h3-8,10,19H,16H2,1-2H3. The van der Waals surface area contributed by atoms with Gasteiger partial charge in [0.2, 0.25) is 0 Å². The lowest BCUT2D eigenvalue weighted by molar-refractivity contribution is 0.871. The largest absolute Gasteiger partial charge is 0.397 e. The summed E-state index contributed by atoms with van der Waals surface area (Å²) in [6, 6.07) is 7.99. The molecule has 0 spiro atoms. The molecule has 3 rings (SSSR count). The first-order valence-corrected chi connectivity index (χ1v) is 7.29. The van der Waals surface area contributed by atoms with E-state index in [1.165, 1.54) is 4.88 Å². The van der Waals surface area contributed by atoms with Crippen LogP contribution in [0.15, 0.2) is 36.7 Å². The summed E-state index contributed by atoms with van der Waals surface area (Å²) in [5.41, 5.74) is 8.53. The lowest BCUT2D eigenvalue weighted by Gasteiger charge is -2.15. The smallest absolute Gasteiger partial charge is 0.115 e. The van der Waals surface area contributed by atoms with Crippen LogP contribution < -0.4 is 11.1 Å². The number of hydrogen-bond acceptors (Lipinski definition) is 5. The summed E-state index contributed by atoms with van der Waals surface area (Å²) in [5, 5.41) is 5.61. The number of rotatable bonds is 3. The molecule has 1 atom stereocenters. The highest BCUT2D eigenvalue weighted by Gasteiger charge is 2.12. The molecule has 102 valence electrons. The van der Waals surface area contributed by atoms with Crippen LogP contribution in [0.25, 0.3) is 10.9 Å². The van der Waals surface area contributed by atoms with Gasteiger partial charge in [-0.3, -0.25) is 4.98 Å². The van der Waals surface area contributed by atoms with Crippen LogP contribution in [-0.4, -0.2) is 9.97 Å². The molecular weight excluding hydrogens is 268 g/mol. The number of anilines is 2. The predicted molar refractivity (Wildman–Crippen MR) is 85.0 cm³/mol. The van der Waals surface area contributed by atoms with Crippen LogP contribution in [0.2, 0.25) is 0 Å². The number of nitrogens with one attached hydrogen (secondary N) is 1. The van der Waals surface area contributed by atoms with E-state index in [4.69, 9.17) is 5.73 Å². The van der Waals surface area contributed by atoms with E-state index in [2.05, 4.69) is 29.1 Å². The van der Waals surface area contributed by atoms with Gasteiger partial charge in [-0.1, -0.05) is 0 Å². The number of hydrogen-bond donors (Lipinski definition) is 2. The maximum absolute atomic E-state index is 5.97. The second kappa shape index (κ2) is 5.09. The zero-order valence-corrected chi connectivity index (χ0v) is 12.2. The summed E-state index contributed by atoms with van der Waals surface area (Å²) in [6.07, 6.45) is 3.66. The Labute approximate surface area is 121 Å². The summed E-state index contributed by atoms with van der Waals surface area (Å²) >= 11 is 1.71. The highest BCUT2D eigenvalue weighted by atomic mass is 32.1. The Morgan fingerprint density at radius 2 is 2.10 bits per heavy atom. The third-order valence-corrected chi connectivity index (χ3v) is 4.28. The molecule has 0 radical (unpaired) electrons. The molecule has 0 saturated heterocycles. The van der Waals surface area contributed by atoms with Crippen molar-refractivity contribution in [3.8, 4) is 0 Å². The average molecular weight is 284 g/mol. The van der Waals surface area contributed by atoms with Crippen LogP contribution in [0.1, 0.15) is 22.9 Å². The first-order valence-electron chi connectivity index (χ1n) is 6.47. The van der Waals surface area contributed by atoms with Crippen molar-refractivity contribution < 1.29 is 0 Å². The fraction of sp³-hybridized carbons (Fsp3) is 0.200. The molecule has 2 heterocycles. The Kier molecular flexibility index (Phi) is 3.28. The number of nitrogens with two attached hydrogens (primary N) is 1. The minimum atomic E-state index is 0.153. The SMILES string of the molecule is Cc1cnc(C(C)Nc2ccc(N)c3ncccc23)s1. The van der Waals surface area contributed by atoms with Crippen molar-refractivity contribution in [2.24, 2.45) is 0 Å². The van der Waals surface area contributed by atoms with Gasteiger partial charge in [-0.25, -0.2) is 4.98 Å². The number of nitrogen functional groups attached to an aromatic ring is 1. The van der Waals surface area contributed by atoms with E-state index >= 15 is 0 Å². The van der Waals surface area contributed by atoms with Gasteiger partial charge in [-0.05, 0) is 38.1 Å². The second-order valence-corrected chi connectivity index (χ2v) is 6.04. The lowest BCUT2D eigenvalue weighted by atomic mass is 10.1. The molecule has 0 fully saturated rings. The van der Waals surface area contributed by atoms with Gasteiger partial charge in [-0.2, -0.15) is 0 Å². The minimum absolute atomic E-state index is 0.153. The van der Waals surface area contributed by atoms with Crippen LogP contribution in [0.4, 0.5) is 11.4 Å². The molecule has 0 aliphatic rings. The van der Waals surface area contributed by atoms with Crippen LogP contribution in [0.3, 0.4) is 0 Å². The molecular formula is C15H16N4S. The van der Waals surface area contributed by atoms with Crippen molar-refractivity contribution >= 4 is 33.6 Å². The molecule has 0 bridgehead atoms. The first kappa shape index (κ1) is 12.9. The number of benzene rings is 1. The van der Waals surface area contributed by atoms with E-state index in [1.54, 1.807) is 17.5 Å². The van der Waals surface area contributed by atoms with Crippen LogP contribution in [0, 0.1) is 6.92 Å². The van der Waals surface area contributed by atoms with E-state index in [0.717, 1.165) is 21.6 Å². The van der Waals surface area contributed by atoms with Gasteiger partial charge in [-0.15, -0.1) is 11.3 Å². The molecule has 1 unspecified atom stereocenters. The number of nitrogens with zero attached hydrogens (tertiary/aromatic N) is 2. The molecule has 0 amide bonds. The fourth-order valence-electron chi connectivity index (χ4n) is 2.19. The van der Waals surface area contributed by atoms with Crippen LogP contribution >= 0.6 is 11.3 Å². The number of aromatic nitrogens is 2. The number of pyridine rings is 1. The van der Waals surface area contributed by atoms with Gasteiger partial charge in [0.15, 0.2) is 0 Å². The Morgan fingerprint density at radius 1 is 1.25 bits per heavy atom. The molecule has 0 saturated carbocycles. The van der Waals surface area contributed by atoms with Crippen LogP contribution in [-0.2, 0) is 0 Å². The van der Waals surface area contributed by atoms with Gasteiger partial charge >= 0.3 is 0 Å². The van der Waals surface area contributed by atoms with Gasteiger partial charge in [0.25, 0.3) is 0 Å². The van der Waals surface area contributed by atoms with Crippen molar-refractivity contribution in [3.63, 3.8) is 0 Å². The van der Waals surface area contributed by atoms with E-state index in [0.29, 0.717) is 5.69 Å². The summed E-state index contributed by atoms with van der Waals surface area (Å²) in [7, 11) is 0. The maximum atomic E-state index is 5.97. The topological polar surface area (TPSA) is 63.8 Å². The Morgan fingerprint density at radius 3 is 2.85 bits per heavy atom. The first-order chi connectivity index (χ1) is 9.65. The Bertz CT molecular complexity index is 750. The van der Waals surface area contributed by atoms with Crippen molar-refractivity contribution in [2.45, 2.75) is 19.9 Å². The monoisotopic (exact) mass is 284 g/mol. The molecule has 1 aromatic carbocycles. The minimum Gasteiger partial charge on any atom is -0.397 e. The van der Waals surface area contributed by atoms with E-state index < -0.39 is 0 Å². The third-order valence-electron chi connectivity index (χ3n) is 3.18. The van der Waals surface area contributed by atoms with E-state index in [-0.39, 0.29) is 6.04 Å². The van der Waals surface area contributed by atoms with Gasteiger partial charge in [0, 0.05) is 28.3 Å². The zero-order chi connectivity index (χ0) is 14.1. The number of thiazole rings is 1. The highest BCUT2D eigenvalue weighted by Crippen LogP contribution is 2.30. The third kappa shape index (κ3) is 2.32. The molecule has 3 aromatic rings. The van der Waals surface area contributed by atoms with Gasteiger partial charge < -0.3 is 11.1 Å². The summed E-state index contributed by atoms with van der Waals surface area (Å²) in [6.45, 7) is 4.17. The van der Waals surface area contributed by atoms with Crippen molar-refractivity contribution in [2.75, 3.05) is 11.1 Å². The maximum Gasteiger partial charge on any atom is 0.115 e. The lowest BCUT2D eigenvalue weighted by Crippen LogP contribution is -2.07. The molecule has 0 aliphatic heterocycles. The summed E-state index contributed by atoms with van der Waals surface area (Å²) < 4.78 is 0. The van der Waals surface area contributed by atoms with Crippen molar-refractivity contribution in [1.29, 1.82) is 0 Å². The van der Waals surface area contributed by atoms with Crippen molar-refractivity contribution in [3.05, 3.63) is 46.5 Å². The predicted octanol–water partition coefficient (Wildman–Crippen LogP) is 3.76. The number of fused-ring (bicyclic) bond motifs is 1. The molecule has 4 nitrogen and oxygen atoms in total. The molecule has 2 aromatic heterocycles.